The van der Waals surface area contributed by atoms with Crippen LogP contribution in [0.1, 0.15) is 18.3 Å². The molecule has 0 fully saturated rings. The summed E-state index contributed by atoms with van der Waals surface area (Å²) in [6, 6.07) is 2.59. The van der Waals surface area contributed by atoms with Crippen molar-refractivity contribution in [1.29, 1.82) is 0 Å². The molecule has 0 unspecified atom stereocenters. The van der Waals surface area contributed by atoms with E-state index in [-0.39, 0.29) is 17.1 Å². The second-order valence-electron chi connectivity index (χ2n) is 4.18. The number of aromatic nitrogens is 2. The van der Waals surface area contributed by atoms with Crippen LogP contribution in [0.3, 0.4) is 0 Å². The molecule has 0 saturated heterocycles. The van der Waals surface area contributed by atoms with E-state index < -0.39 is 17.6 Å². The largest absolute Gasteiger partial charge is 0.419 e. The lowest BCUT2D eigenvalue weighted by Gasteiger charge is -2.09. The SMILES string of the molecule is CCc1nc(-c2ccc(F)c(C(F)(F)F)c2)c(N)n1N. The summed E-state index contributed by atoms with van der Waals surface area (Å²) in [5.41, 5.74) is 4.52. The van der Waals surface area contributed by atoms with Crippen molar-refractivity contribution in [2.75, 3.05) is 11.6 Å². The highest BCUT2D eigenvalue weighted by molar-refractivity contribution is 5.71. The molecule has 4 N–H and O–H groups in total. The van der Waals surface area contributed by atoms with Crippen molar-refractivity contribution in [3.8, 4) is 11.3 Å². The molecule has 0 saturated carbocycles. The molecule has 8 heteroatoms. The highest BCUT2D eigenvalue weighted by Gasteiger charge is 2.34. The lowest BCUT2D eigenvalue weighted by molar-refractivity contribution is -0.139. The molecule has 1 heterocycles. The topological polar surface area (TPSA) is 69.9 Å². The number of rotatable bonds is 2. The van der Waals surface area contributed by atoms with Crippen LogP contribution in [0.4, 0.5) is 23.4 Å². The van der Waals surface area contributed by atoms with E-state index in [4.69, 9.17) is 11.6 Å². The van der Waals surface area contributed by atoms with Crippen molar-refractivity contribution in [2.24, 2.45) is 0 Å². The fraction of sp³-hybridized carbons (Fsp3) is 0.250. The summed E-state index contributed by atoms with van der Waals surface area (Å²) in [5.74, 6) is 4.75. The van der Waals surface area contributed by atoms with Gasteiger partial charge in [-0.1, -0.05) is 6.92 Å². The first-order chi connectivity index (χ1) is 9.25. The van der Waals surface area contributed by atoms with E-state index in [2.05, 4.69) is 4.98 Å². The minimum Gasteiger partial charge on any atom is -0.382 e. The molecule has 0 amide bonds. The maximum atomic E-state index is 13.2. The first-order valence-electron chi connectivity index (χ1n) is 5.75. The van der Waals surface area contributed by atoms with E-state index >= 15 is 0 Å². The maximum Gasteiger partial charge on any atom is 0.419 e. The molecule has 2 aromatic rings. The minimum absolute atomic E-state index is 0.0292. The van der Waals surface area contributed by atoms with E-state index in [1.54, 1.807) is 6.92 Å². The number of anilines is 1. The van der Waals surface area contributed by atoms with Gasteiger partial charge in [0.1, 0.15) is 17.3 Å². The Hall–Kier alpha value is -2.25. The summed E-state index contributed by atoms with van der Waals surface area (Å²) in [4.78, 5) is 4.07. The Morgan fingerprint density at radius 1 is 1.30 bits per heavy atom. The first kappa shape index (κ1) is 14.2. The first-order valence-corrected chi connectivity index (χ1v) is 5.75. The van der Waals surface area contributed by atoms with Crippen LogP contribution >= 0.6 is 0 Å². The zero-order valence-electron chi connectivity index (χ0n) is 10.5. The maximum absolute atomic E-state index is 13.2. The van der Waals surface area contributed by atoms with Crippen LogP contribution in [0.5, 0.6) is 0 Å². The molecule has 2 rings (SSSR count). The number of hydrogen-bond acceptors (Lipinski definition) is 3. The van der Waals surface area contributed by atoms with E-state index in [0.717, 1.165) is 10.7 Å². The molecule has 20 heavy (non-hydrogen) atoms. The number of hydrogen-bond donors (Lipinski definition) is 2. The van der Waals surface area contributed by atoms with Crippen LogP contribution in [0.25, 0.3) is 11.3 Å². The average molecular weight is 288 g/mol. The fourth-order valence-electron chi connectivity index (χ4n) is 1.84. The molecule has 108 valence electrons. The molecular formula is C12H12F4N4. The summed E-state index contributed by atoms with van der Waals surface area (Å²) in [6.45, 7) is 1.78. The van der Waals surface area contributed by atoms with E-state index in [0.29, 0.717) is 18.3 Å². The minimum atomic E-state index is -4.78. The summed E-state index contributed by atoms with van der Waals surface area (Å²) in [7, 11) is 0. The lowest BCUT2D eigenvalue weighted by Crippen LogP contribution is -2.14. The van der Waals surface area contributed by atoms with Gasteiger partial charge in [-0.25, -0.2) is 14.1 Å². The van der Waals surface area contributed by atoms with Crippen LogP contribution in [0.2, 0.25) is 0 Å². The van der Waals surface area contributed by atoms with Gasteiger partial charge in [0, 0.05) is 12.0 Å². The number of nitrogens with two attached hydrogens (primary N) is 2. The number of imidazole rings is 1. The van der Waals surface area contributed by atoms with Crippen molar-refractivity contribution in [3.63, 3.8) is 0 Å². The highest BCUT2D eigenvalue weighted by atomic mass is 19.4. The molecule has 0 aliphatic carbocycles. The van der Waals surface area contributed by atoms with Gasteiger partial charge in [0.05, 0.1) is 5.56 Å². The van der Waals surface area contributed by atoms with Crippen molar-refractivity contribution in [2.45, 2.75) is 19.5 Å². The molecule has 1 aromatic heterocycles. The molecule has 1 aromatic carbocycles. The van der Waals surface area contributed by atoms with Crippen molar-refractivity contribution < 1.29 is 17.6 Å². The Kier molecular flexibility index (Phi) is 3.33. The van der Waals surface area contributed by atoms with Gasteiger partial charge in [0.2, 0.25) is 0 Å². The quantitative estimate of drug-likeness (QED) is 0.659. The zero-order chi connectivity index (χ0) is 15.1. The molecule has 4 nitrogen and oxygen atoms in total. The van der Waals surface area contributed by atoms with Gasteiger partial charge in [-0.05, 0) is 18.2 Å². The van der Waals surface area contributed by atoms with Crippen LogP contribution in [-0.4, -0.2) is 9.66 Å². The number of benzene rings is 1. The third-order valence-corrected chi connectivity index (χ3v) is 2.88. The normalized spacial score (nSPS) is 11.8. The van der Waals surface area contributed by atoms with Crippen LogP contribution in [0, 0.1) is 5.82 Å². The molecule has 0 spiro atoms. The Balaban J connectivity index is 2.60. The van der Waals surface area contributed by atoms with E-state index in [9.17, 15) is 17.6 Å². The molecular weight excluding hydrogens is 276 g/mol. The Bertz CT molecular complexity index is 646. The lowest BCUT2D eigenvalue weighted by atomic mass is 10.1. The van der Waals surface area contributed by atoms with Gasteiger partial charge in [0.15, 0.2) is 5.82 Å². The smallest absolute Gasteiger partial charge is 0.382 e. The predicted molar refractivity (Wildman–Crippen MR) is 66.6 cm³/mol. The Labute approximate surface area is 112 Å². The summed E-state index contributed by atoms with van der Waals surface area (Å²) in [5, 5.41) is 0. The molecule has 0 atom stereocenters. The number of aryl methyl sites for hydroxylation is 1. The molecule has 0 aliphatic heterocycles. The molecule has 0 radical (unpaired) electrons. The second-order valence-corrected chi connectivity index (χ2v) is 4.18. The summed E-state index contributed by atoms with van der Waals surface area (Å²) in [6.07, 6.45) is -4.32. The third-order valence-electron chi connectivity index (χ3n) is 2.88. The van der Waals surface area contributed by atoms with Gasteiger partial charge >= 0.3 is 6.18 Å². The van der Waals surface area contributed by atoms with Gasteiger partial charge in [-0.3, -0.25) is 0 Å². The Morgan fingerprint density at radius 3 is 2.45 bits per heavy atom. The summed E-state index contributed by atoms with van der Waals surface area (Å²) >= 11 is 0. The molecule has 0 bridgehead atoms. The third kappa shape index (κ3) is 2.28. The fourth-order valence-corrected chi connectivity index (χ4v) is 1.84. The Morgan fingerprint density at radius 2 is 1.95 bits per heavy atom. The number of halogens is 4. The van der Waals surface area contributed by atoms with Crippen LogP contribution < -0.4 is 11.6 Å². The monoisotopic (exact) mass is 288 g/mol. The average Bonchev–Trinajstić information content (AvgIpc) is 2.65. The van der Waals surface area contributed by atoms with Gasteiger partial charge in [-0.2, -0.15) is 13.2 Å². The number of nitrogen functional groups attached to an aromatic ring is 2. The van der Waals surface area contributed by atoms with Gasteiger partial charge < -0.3 is 11.6 Å². The van der Waals surface area contributed by atoms with Gasteiger partial charge in [0.25, 0.3) is 0 Å². The van der Waals surface area contributed by atoms with Crippen LogP contribution in [-0.2, 0) is 12.6 Å². The number of alkyl halides is 3. The van der Waals surface area contributed by atoms with Crippen molar-refractivity contribution in [3.05, 3.63) is 35.4 Å². The highest BCUT2D eigenvalue weighted by Crippen LogP contribution is 2.35. The molecule has 0 aliphatic rings. The second kappa shape index (κ2) is 4.69. The van der Waals surface area contributed by atoms with Crippen molar-refractivity contribution in [1.82, 2.24) is 9.66 Å². The number of nitrogens with zero attached hydrogens (tertiary/aromatic N) is 2. The summed E-state index contributed by atoms with van der Waals surface area (Å²) < 4.78 is 52.4. The van der Waals surface area contributed by atoms with Crippen molar-refractivity contribution >= 4 is 5.82 Å². The van der Waals surface area contributed by atoms with Gasteiger partial charge in [-0.15, -0.1) is 0 Å². The predicted octanol–water partition coefficient (Wildman–Crippen LogP) is 2.57. The van der Waals surface area contributed by atoms with E-state index in [1.165, 1.54) is 6.07 Å². The standard InChI is InChI=1S/C12H12F4N4/c1-2-9-19-10(11(17)20(9)18)6-3-4-8(13)7(5-6)12(14,15)16/h3-5H,2,17-18H2,1H3. The zero-order valence-corrected chi connectivity index (χ0v) is 10.5. The van der Waals surface area contributed by atoms with Crippen LogP contribution in [0.15, 0.2) is 18.2 Å². The van der Waals surface area contributed by atoms with E-state index in [1.807, 2.05) is 0 Å².